The van der Waals surface area contributed by atoms with Gasteiger partial charge < -0.3 is 5.73 Å². The Morgan fingerprint density at radius 2 is 1.82 bits per heavy atom. The molecule has 92 valence electrons. The Kier molecular flexibility index (Phi) is 2.70. The number of benzene rings is 1. The zero-order valence-electron chi connectivity index (χ0n) is 10.2. The summed E-state index contributed by atoms with van der Waals surface area (Å²) in [7, 11) is 0. The first-order valence-electron chi connectivity index (χ1n) is 6.78. The van der Waals surface area contributed by atoms with Crippen LogP contribution in [0.15, 0.2) is 18.2 Å². The van der Waals surface area contributed by atoms with Gasteiger partial charge in [0.2, 0.25) is 0 Å². The fourth-order valence-electron chi connectivity index (χ4n) is 3.03. The Hall–Kier alpha value is -0.890. The second-order valence-corrected chi connectivity index (χ2v) is 5.73. The SMILES string of the molecule is NC1(c2ccc(C3CC3)c(F)c2)CCCCC1. The summed E-state index contributed by atoms with van der Waals surface area (Å²) in [6, 6.07) is 5.71. The lowest BCUT2D eigenvalue weighted by Gasteiger charge is -2.34. The van der Waals surface area contributed by atoms with Crippen molar-refractivity contribution in [2.45, 2.75) is 56.4 Å². The van der Waals surface area contributed by atoms with Crippen molar-refractivity contribution < 1.29 is 4.39 Å². The number of hydrogen-bond donors (Lipinski definition) is 1. The van der Waals surface area contributed by atoms with Crippen LogP contribution in [-0.2, 0) is 5.54 Å². The minimum atomic E-state index is -0.277. The Labute approximate surface area is 102 Å². The first kappa shape index (κ1) is 11.2. The highest BCUT2D eigenvalue weighted by atomic mass is 19.1. The van der Waals surface area contributed by atoms with Gasteiger partial charge in [-0.2, -0.15) is 0 Å². The highest BCUT2D eigenvalue weighted by molar-refractivity contribution is 5.33. The largest absolute Gasteiger partial charge is 0.321 e. The van der Waals surface area contributed by atoms with Gasteiger partial charge in [-0.1, -0.05) is 31.4 Å². The molecule has 2 N–H and O–H groups in total. The monoisotopic (exact) mass is 233 g/mol. The summed E-state index contributed by atoms with van der Waals surface area (Å²) in [6.45, 7) is 0. The standard InChI is InChI=1S/C15H20FN/c16-14-10-12(6-7-13(14)11-4-5-11)15(17)8-2-1-3-9-15/h6-7,10-11H,1-5,8-9,17H2. The zero-order valence-corrected chi connectivity index (χ0v) is 10.2. The van der Waals surface area contributed by atoms with E-state index in [2.05, 4.69) is 6.07 Å². The van der Waals surface area contributed by atoms with E-state index in [4.69, 9.17) is 5.73 Å². The topological polar surface area (TPSA) is 26.0 Å². The third-order valence-corrected chi connectivity index (χ3v) is 4.34. The van der Waals surface area contributed by atoms with Gasteiger partial charge in [-0.15, -0.1) is 0 Å². The van der Waals surface area contributed by atoms with Crippen LogP contribution < -0.4 is 5.73 Å². The summed E-state index contributed by atoms with van der Waals surface area (Å²) in [6.07, 6.45) is 7.88. The molecule has 2 aliphatic rings. The molecule has 0 aliphatic heterocycles. The molecule has 0 saturated heterocycles. The average molecular weight is 233 g/mol. The van der Waals surface area contributed by atoms with E-state index in [0.29, 0.717) is 5.92 Å². The molecule has 0 radical (unpaired) electrons. The van der Waals surface area contributed by atoms with Gasteiger partial charge >= 0.3 is 0 Å². The van der Waals surface area contributed by atoms with Gasteiger partial charge in [-0.3, -0.25) is 0 Å². The van der Waals surface area contributed by atoms with Crippen LogP contribution in [-0.4, -0.2) is 0 Å². The average Bonchev–Trinajstić information content (AvgIpc) is 3.14. The highest BCUT2D eigenvalue weighted by Crippen LogP contribution is 2.42. The quantitative estimate of drug-likeness (QED) is 0.825. The summed E-state index contributed by atoms with van der Waals surface area (Å²) in [5, 5.41) is 0. The van der Waals surface area contributed by atoms with Crippen LogP contribution in [0.1, 0.15) is 62.0 Å². The molecule has 1 nitrogen and oxygen atoms in total. The molecule has 0 heterocycles. The van der Waals surface area contributed by atoms with E-state index in [1.165, 1.54) is 19.3 Å². The predicted octanol–water partition coefficient (Wildman–Crippen LogP) is 3.82. The van der Waals surface area contributed by atoms with Crippen molar-refractivity contribution >= 4 is 0 Å². The van der Waals surface area contributed by atoms with Crippen LogP contribution in [0, 0.1) is 5.82 Å². The van der Waals surface area contributed by atoms with E-state index in [0.717, 1.165) is 36.8 Å². The van der Waals surface area contributed by atoms with Gasteiger partial charge in [-0.25, -0.2) is 4.39 Å². The van der Waals surface area contributed by atoms with Crippen molar-refractivity contribution in [3.8, 4) is 0 Å². The fourth-order valence-corrected chi connectivity index (χ4v) is 3.03. The van der Waals surface area contributed by atoms with Crippen molar-refractivity contribution in [3.05, 3.63) is 35.1 Å². The fraction of sp³-hybridized carbons (Fsp3) is 0.600. The maximum atomic E-state index is 14.0. The molecule has 0 spiro atoms. The van der Waals surface area contributed by atoms with Crippen molar-refractivity contribution in [2.75, 3.05) is 0 Å². The molecule has 1 aromatic carbocycles. The summed E-state index contributed by atoms with van der Waals surface area (Å²) < 4.78 is 14.0. The Morgan fingerprint density at radius 3 is 2.41 bits per heavy atom. The second-order valence-electron chi connectivity index (χ2n) is 5.73. The lowest BCUT2D eigenvalue weighted by atomic mass is 9.77. The van der Waals surface area contributed by atoms with Crippen molar-refractivity contribution in [1.82, 2.24) is 0 Å². The molecule has 0 bridgehead atoms. The highest BCUT2D eigenvalue weighted by Gasteiger charge is 2.32. The molecule has 2 heteroatoms. The molecule has 2 aliphatic carbocycles. The maximum absolute atomic E-state index is 14.0. The Balaban J connectivity index is 1.89. The van der Waals surface area contributed by atoms with E-state index in [1.807, 2.05) is 6.07 Å². The molecule has 2 fully saturated rings. The van der Waals surface area contributed by atoms with Gasteiger partial charge in [0.15, 0.2) is 0 Å². The van der Waals surface area contributed by atoms with E-state index in [9.17, 15) is 4.39 Å². The molecule has 2 saturated carbocycles. The smallest absolute Gasteiger partial charge is 0.127 e. The second kappa shape index (κ2) is 4.09. The van der Waals surface area contributed by atoms with Gasteiger partial charge in [0, 0.05) is 5.54 Å². The lowest BCUT2D eigenvalue weighted by molar-refractivity contribution is 0.301. The molecule has 3 rings (SSSR count). The third kappa shape index (κ3) is 2.11. The van der Waals surface area contributed by atoms with Crippen LogP contribution in [0.2, 0.25) is 0 Å². The van der Waals surface area contributed by atoms with E-state index in [1.54, 1.807) is 6.07 Å². The zero-order chi connectivity index (χ0) is 11.9. The lowest BCUT2D eigenvalue weighted by Crippen LogP contribution is -2.38. The molecule has 0 aromatic heterocycles. The van der Waals surface area contributed by atoms with Crippen LogP contribution >= 0.6 is 0 Å². The van der Waals surface area contributed by atoms with Crippen molar-refractivity contribution in [1.29, 1.82) is 0 Å². The van der Waals surface area contributed by atoms with Crippen LogP contribution in [0.4, 0.5) is 4.39 Å². The summed E-state index contributed by atoms with van der Waals surface area (Å²) in [5.74, 6) is 0.435. The third-order valence-electron chi connectivity index (χ3n) is 4.34. The van der Waals surface area contributed by atoms with Gasteiger partial charge in [0.25, 0.3) is 0 Å². The maximum Gasteiger partial charge on any atom is 0.127 e. The minimum absolute atomic E-state index is 0.0413. The van der Waals surface area contributed by atoms with Gasteiger partial charge in [0.1, 0.15) is 5.82 Å². The van der Waals surface area contributed by atoms with Crippen LogP contribution in [0.3, 0.4) is 0 Å². The Morgan fingerprint density at radius 1 is 1.12 bits per heavy atom. The molecular weight excluding hydrogens is 213 g/mol. The minimum Gasteiger partial charge on any atom is -0.321 e. The van der Waals surface area contributed by atoms with Crippen LogP contribution in [0.5, 0.6) is 0 Å². The predicted molar refractivity (Wildman–Crippen MR) is 67.3 cm³/mol. The number of rotatable bonds is 2. The van der Waals surface area contributed by atoms with Gasteiger partial charge in [-0.05, 0) is 48.8 Å². The number of hydrogen-bond acceptors (Lipinski definition) is 1. The Bertz CT molecular complexity index is 417. The molecule has 0 atom stereocenters. The number of nitrogens with two attached hydrogens (primary N) is 1. The van der Waals surface area contributed by atoms with E-state index < -0.39 is 0 Å². The summed E-state index contributed by atoms with van der Waals surface area (Å²) in [4.78, 5) is 0. The van der Waals surface area contributed by atoms with Crippen LogP contribution in [0.25, 0.3) is 0 Å². The van der Waals surface area contributed by atoms with Crippen molar-refractivity contribution in [2.24, 2.45) is 5.73 Å². The molecule has 0 amide bonds. The molecule has 0 unspecified atom stereocenters. The van der Waals surface area contributed by atoms with E-state index >= 15 is 0 Å². The number of halogens is 1. The summed E-state index contributed by atoms with van der Waals surface area (Å²) in [5.41, 5.74) is 8.04. The normalized spacial score (nSPS) is 23.6. The summed E-state index contributed by atoms with van der Waals surface area (Å²) >= 11 is 0. The van der Waals surface area contributed by atoms with E-state index in [-0.39, 0.29) is 11.4 Å². The first-order valence-corrected chi connectivity index (χ1v) is 6.78. The van der Waals surface area contributed by atoms with Crippen molar-refractivity contribution in [3.63, 3.8) is 0 Å². The van der Waals surface area contributed by atoms with Gasteiger partial charge in [0.05, 0.1) is 0 Å². The first-order chi connectivity index (χ1) is 8.19. The molecule has 17 heavy (non-hydrogen) atoms. The molecular formula is C15H20FN. The molecule has 1 aromatic rings.